The van der Waals surface area contributed by atoms with Crippen LogP contribution in [-0.4, -0.2) is 12.1 Å². The first-order valence-corrected chi connectivity index (χ1v) is 6.85. The van der Waals surface area contributed by atoms with Crippen LogP contribution < -0.4 is 11.0 Å². The maximum atomic E-state index is 4.32. The molecule has 0 bridgehead atoms. The first-order chi connectivity index (χ1) is 7.95. The molecule has 0 aromatic carbocycles. The Balaban J connectivity index is 1.57. The van der Waals surface area contributed by atoms with E-state index in [2.05, 4.69) is 21.3 Å². The minimum Gasteiger partial charge on any atom is -0.224 e. The van der Waals surface area contributed by atoms with Crippen molar-refractivity contribution >= 4 is 0 Å². The van der Waals surface area contributed by atoms with Crippen molar-refractivity contribution in [3.63, 3.8) is 0 Å². The summed E-state index contributed by atoms with van der Waals surface area (Å²) in [6, 6.07) is 1.06. The van der Waals surface area contributed by atoms with Gasteiger partial charge in [-0.05, 0) is 25.7 Å². The summed E-state index contributed by atoms with van der Waals surface area (Å²) < 4.78 is 0. The standard InChI is InChI=1S/C12H24N4/c1-3-7-11(8-4-1)13-15-16-14-12-9-5-2-6-10-12/h11-12H,1-10H2,(H,13,16)(H,14,15). The van der Waals surface area contributed by atoms with E-state index < -0.39 is 0 Å². The van der Waals surface area contributed by atoms with Gasteiger partial charge < -0.3 is 0 Å². The smallest absolute Gasteiger partial charge is 0.0730 e. The van der Waals surface area contributed by atoms with E-state index in [1.165, 1.54) is 64.2 Å². The molecule has 2 aliphatic carbocycles. The van der Waals surface area contributed by atoms with E-state index in [-0.39, 0.29) is 0 Å². The molecule has 0 atom stereocenters. The van der Waals surface area contributed by atoms with Crippen LogP contribution in [0.2, 0.25) is 0 Å². The zero-order valence-corrected chi connectivity index (χ0v) is 10.1. The van der Waals surface area contributed by atoms with Crippen LogP contribution in [0.3, 0.4) is 0 Å². The van der Waals surface area contributed by atoms with E-state index in [4.69, 9.17) is 0 Å². The Morgan fingerprint density at radius 3 is 2.06 bits per heavy atom. The van der Waals surface area contributed by atoms with E-state index in [1.54, 1.807) is 0 Å². The molecule has 0 heterocycles. The van der Waals surface area contributed by atoms with Crippen LogP contribution in [0.25, 0.3) is 0 Å². The van der Waals surface area contributed by atoms with Crippen LogP contribution in [0, 0.1) is 0 Å². The van der Waals surface area contributed by atoms with E-state index in [9.17, 15) is 0 Å². The van der Waals surface area contributed by atoms with Gasteiger partial charge in [0.05, 0.1) is 6.04 Å². The lowest BCUT2D eigenvalue weighted by Crippen LogP contribution is -2.38. The molecule has 4 nitrogen and oxygen atoms in total. The van der Waals surface area contributed by atoms with Crippen molar-refractivity contribution in [2.45, 2.75) is 76.3 Å². The molecule has 0 aromatic rings. The van der Waals surface area contributed by atoms with Crippen molar-refractivity contribution in [3.05, 3.63) is 0 Å². The quantitative estimate of drug-likeness (QED) is 0.569. The predicted molar refractivity (Wildman–Crippen MR) is 64.9 cm³/mol. The predicted octanol–water partition coefficient (Wildman–Crippen LogP) is 3.11. The van der Waals surface area contributed by atoms with Gasteiger partial charge in [-0.25, -0.2) is 11.0 Å². The van der Waals surface area contributed by atoms with Crippen molar-refractivity contribution in [2.75, 3.05) is 0 Å². The van der Waals surface area contributed by atoms with Crippen molar-refractivity contribution in [1.29, 1.82) is 0 Å². The first-order valence-electron chi connectivity index (χ1n) is 6.85. The number of hydrogen-bond donors (Lipinski definition) is 2. The maximum absolute atomic E-state index is 4.32. The van der Waals surface area contributed by atoms with Crippen molar-refractivity contribution in [1.82, 2.24) is 11.0 Å². The van der Waals surface area contributed by atoms with Gasteiger partial charge in [-0.15, -0.1) is 0 Å². The largest absolute Gasteiger partial charge is 0.224 e. The lowest BCUT2D eigenvalue weighted by atomic mass is 9.96. The van der Waals surface area contributed by atoms with E-state index >= 15 is 0 Å². The van der Waals surface area contributed by atoms with Crippen LogP contribution in [0.4, 0.5) is 0 Å². The first kappa shape index (κ1) is 11.8. The molecule has 4 heteroatoms. The number of hydrazine groups is 1. The molecule has 0 spiro atoms. The zero-order chi connectivity index (χ0) is 11.1. The number of nitrogens with one attached hydrogen (secondary N) is 2. The second kappa shape index (κ2) is 6.84. The summed E-state index contributed by atoms with van der Waals surface area (Å²) in [6.07, 6.45) is 13.1. The van der Waals surface area contributed by atoms with Gasteiger partial charge in [0.25, 0.3) is 0 Å². The third-order valence-electron chi connectivity index (χ3n) is 3.72. The highest BCUT2D eigenvalue weighted by Crippen LogP contribution is 2.20. The Labute approximate surface area is 98.2 Å². The van der Waals surface area contributed by atoms with Crippen molar-refractivity contribution in [3.8, 4) is 0 Å². The summed E-state index contributed by atoms with van der Waals surface area (Å²) in [6.45, 7) is 0. The van der Waals surface area contributed by atoms with Gasteiger partial charge in [0, 0.05) is 6.04 Å². The molecular formula is C12H24N4. The molecule has 16 heavy (non-hydrogen) atoms. The van der Waals surface area contributed by atoms with Gasteiger partial charge in [0.2, 0.25) is 0 Å². The zero-order valence-electron chi connectivity index (χ0n) is 10.1. The van der Waals surface area contributed by atoms with Gasteiger partial charge in [-0.2, -0.15) is 5.11 Å². The Morgan fingerprint density at radius 2 is 1.38 bits per heavy atom. The molecule has 0 amide bonds. The van der Waals surface area contributed by atoms with E-state index in [1.807, 2.05) is 0 Å². The van der Waals surface area contributed by atoms with Crippen LogP contribution >= 0.6 is 0 Å². The van der Waals surface area contributed by atoms with Gasteiger partial charge >= 0.3 is 0 Å². The highest BCUT2D eigenvalue weighted by Gasteiger charge is 2.13. The van der Waals surface area contributed by atoms with Crippen LogP contribution in [0.1, 0.15) is 64.2 Å². The fraction of sp³-hybridized carbons (Fsp3) is 1.00. The number of nitrogens with zero attached hydrogens (tertiary/aromatic N) is 2. The van der Waals surface area contributed by atoms with Crippen LogP contribution in [-0.2, 0) is 0 Å². The molecule has 2 fully saturated rings. The summed E-state index contributed by atoms with van der Waals surface area (Å²) in [7, 11) is 0. The van der Waals surface area contributed by atoms with Crippen LogP contribution in [0.15, 0.2) is 10.3 Å². The molecule has 0 unspecified atom stereocenters. The Kier molecular flexibility index (Phi) is 5.06. The van der Waals surface area contributed by atoms with Gasteiger partial charge in [0.15, 0.2) is 0 Å². The molecule has 0 aliphatic heterocycles. The topological polar surface area (TPSA) is 48.8 Å². The SMILES string of the molecule is C1CCC(N=NNNC2CCCCC2)CC1. The third-order valence-corrected chi connectivity index (χ3v) is 3.72. The summed E-state index contributed by atoms with van der Waals surface area (Å²) in [5.41, 5.74) is 6.16. The van der Waals surface area contributed by atoms with Crippen molar-refractivity contribution in [2.24, 2.45) is 10.3 Å². The van der Waals surface area contributed by atoms with Gasteiger partial charge in [0.1, 0.15) is 0 Å². The molecule has 92 valence electrons. The minimum absolute atomic E-state index is 0.467. The maximum Gasteiger partial charge on any atom is 0.0730 e. The fourth-order valence-electron chi connectivity index (χ4n) is 2.67. The number of rotatable bonds is 4. The average Bonchev–Trinajstić information content (AvgIpc) is 2.37. The monoisotopic (exact) mass is 224 g/mol. The summed E-state index contributed by atoms with van der Waals surface area (Å²) in [4.78, 5) is 0. The molecular weight excluding hydrogens is 200 g/mol. The Bertz CT molecular complexity index is 205. The van der Waals surface area contributed by atoms with E-state index in [0.717, 1.165) is 0 Å². The summed E-state index contributed by atoms with van der Waals surface area (Å²) in [5, 5.41) is 8.37. The number of hydrogen-bond acceptors (Lipinski definition) is 3. The molecule has 2 saturated carbocycles. The van der Waals surface area contributed by atoms with Gasteiger partial charge in [-0.1, -0.05) is 43.7 Å². The molecule has 0 aromatic heterocycles. The molecule has 0 radical (unpaired) electrons. The van der Waals surface area contributed by atoms with Crippen LogP contribution in [0.5, 0.6) is 0 Å². The molecule has 2 aliphatic rings. The van der Waals surface area contributed by atoms with Crippen molar-refractivity contribution < 1.29 is 0 Å². The third kappa shape index (κ3) is 4.08. The molecule has 2 rings (SSSR count). The Morgan fingerprint density at radius 1 is 0.750 bits per heavy atom. The highest BCUT2D eigenvalue weighted by molar-refractivity contribution is 4.70. The van der Waals surface area contributed by atoms with E-state index in [0.29, 0.717) is 12.1 Å². The lowest BCUT2D eigenvalue weighted by molar-refractivity contribution is 0.326. The second-order valence-corrected chi connectivity index (χ2v) is 5.10. The highest BCUT2D eigenvalue weighted by atomic mass is 15.6. The lowest BCUT2D eigenvalue weighted by Gasteiger charge is -2.22. The normalized spacial score (nSPS) is 25.0. The summed E-state index contributed by atoms with van der Waals surface area (Å²) >= 11 is 0. The average molecular weight is 224 g/mol. The fourth-order valence-corrected chi connectivity index (χ4v) is 2.67. The molecule has 0 saturated heterocycles. The molecule has 2 N–H and O–H groups in total. The minimum atomic E-state index is 0.467. The Hall–Kier alpha value is -0.640. The summed E-state index contributed by atoms with van der Waals surface area (Å²) in [5.74, 6) is 0. The second-order valence-electron chi connectivity index (χ2n) is 5.10. The van der Waals surface area contributed by atoms with Gasteiger partial charge in [-0.3, -0.25) is 0 Å².